The van der Waals surface area contributed by atoms with Crippen LogP contribution in [0.3, 0.4) is 0 Å². The van der Waals surface area contributed by atoms with Crippen LogP contribution in [-0.4, -0.2) is 34.1 Å². The van der Waals surface area contributed by atoms with Gasteiger partial charge in [-0.3, -0.25) is 9.69 Å². The molecule has 0 aromatic rings. The minimum absolute atomic E-state index is 0.482. The maximum Gasteiger partial charge on any atom is 0.323 e. The van der Waals surface area contributed by atoms with Crippen molar-refractivity contribution in [2.24, 2.45) is 11.8 Å². The molecule has 1 N–H and O–H groups in total. The van der Waals surface area contributed by atoms with E-state index in [-0.39, 0.29) is 0 Å². The van der Waals surface area contributed by atoms with E-state index in [0.717, 1.165) is 25.8 Å². The summed E-state index contributed by atoms with van der Waals surface area (Å²) in [7, 11) is 0. The van der Waals surface area contributed by atoms with Gasteiger partial charge in [-0.15, -0.1) is 0 Å². The number of hydrogen-bond acceptors (Lipinski definition) is 2. The first-order chi connectivity index (χ1) is 8.97. The molecule has 1 aliphatic heterocycles. The molecule has 2 fully saturated rings. The van der Waals surface area contributed by atoms with Crippen LogP contribution in [0.15, 0.2) is 0 Å². The van der Waals surface area contributed by atoms with Crippen LogP contribution < -0.4 is 0 Å². The molecule has 3 heteroatoms. The normalized spacial score (nSPS) is 37.5. The summed E-state index contributed by atoms with van der Waals surface area (Å²) in [6.07, 6.45) is 8.06. The molecule has 1 saturated carbocycles. The predicted molar refractivity (Wildman–Crippen MR) is 77.2 cm³/mol. The quantitative estimate of drug-likeness (QED) is 0.850. The Balaban J connectivity index is 2.23. The fraction of sp³-hybridized carbons (Fsp3) is 0.938. The van der Waals surface area contributed by atoms with Gasteiger partial charge in [0.15, 0.2) is 0 Å². The lowest BCUT2D eigenvalue weighted by atomic mass is 9.74. The second-order valence-electron chi connectivity index (χ2n) is 6.99. The van der Waals surface area contributed by atoms with Crippen LogP contribution in [0.4, 0.5) is 0 Å². The molecule has 1 aliphatic carbocycles. The van der Waals surface area contributed by atoms with E-state index in [1.807, 2.05) is 6.92 Å². The molecule has 19 heavy (non-hydrogen) atoms. The minimum Gasteiger partial charge on any atom is -0.480 e. The van der Waals surface area contributed by atoms with E-state index in [0.29, 0.717) is 17.9 Å². The van der Waals surface area contributed by atoms with Gasteiger partial charge in [-0.05, 0) is 57.4 Å². The zero-order chi connectivity index (χ0) is 14.0. The number of rotatable bonds is 3. The fourth-order valence-corrected chi connectivity index (χ4v) is 4.21. The molecule has 3 atom stereocenters. The number of carbonyl (C=O) groups is 1. The molecule has 0 aromatic heterocycles. The van der Waals surface area contributed by atoms with Crippen LogP contribution in [0, 0.1) is 11.8 Å². The second kappa shape index (κ2) is 5.82. The highest BCUT2D eigenvalue weighted by molar-refractivity contribution is 5.78. The smallest absolute Gasteiger partial charge is 0.323 e. The molecule has 1 saturated heterocycles. The summed E-state index contributed by atoms with van der Waals surface area (Å²) in [6, 6.07) is 0.482. The maximum atomic E-state index is 11.8. The van der Waals surface area contributed by atoms with Crippen LogP contribution in [0.1, 0.15) is 65.7 Å². The van der Waals surface area contributed by atoms with Crippen LogP contribution in [0.2, 0.25) is 0 Å². The third-order valence-electron chi connectivity index (χ3n) is 5.45. The van der Waals surface area contributed by atoms with Crippen molar-refractivity contribution in [1.29, 1.82) is 0 Å². The van der Waals surface area contributed by atoms with Crippen molar-refractivity contribution in [2.75, 3.05) is 6.54 Å². The molecule has 110 valence electrons. The zero-order valence-corrected chi connectivity index (χ0v) is 12.7. The van der Waals surface area contributed by atoms with Gasteiger partial charge < -0.3 is 5.11 Å². The van der Waals surface area contributed by atoms with Gasteiger partial charge >= 0.3 is 5.97 Å². The van der Waals surface area contributed by atoms with Crippen LogP contribution in [0.25, 0.3) is 0 Å². The van der Waals surface area contributed by atoms with E-state index in [1.165, 1.54) is 25.7 Å². The SMILES string of the molecule is CC(C)C1CCCCC1N1CCCCC1(C)C(=O)O. The minimum atomic E-state index is -0.632. The van der Waals surface area contributed by atoms with E-state index in [9.17, 15) is 9.90 Å². The maximum absolute atomic E-state index is 11.8. The van der Waals surface area contributed by atoms with Gasteiger partial charge in [0, 0.05) is 6.04 Å². The van der Waals surface area contributed by atoms with Crippen LogP contribution in [-0.2, 0) is 4.79 Å². The molecule has 0 amide bonds. The molecule has 0 spiro atoms. The first kappa shape index (κ1) is 14.8. The summed E-state index contributed by atoms with van der Waals surface area (Å²) in [5.74, 6) is 0.705. The molecule has 0 radical (unpaired) electrons. The Morgan fingerprint density at radius 2 is 1.89 bits per heavy atom. The number of aliphatic carboxylic acids is 1. The van der Waals surface area contributed by atoms with Gasteiger partial charge in [0.1, 0.15) is 5.54 Å². The number of piperidine rings is 1. The van der Waals surface area contributed by atoms with E-state index >= 15 is 0 Å². The molecule has 0 bridgehead atoms. The molecule has 3 nitrogen and oxygen atoms in total. The van der Waals surface area contributed by atoms with E-state index in [2.05, 4.69) is 18.7 Å². The van der Waals surface area contributed by atoms with Crippen molar-refractivity contribution in [3.63, 3.8) is 0 Å². The third kappa shape index (κ3) is 2.81. The number of nitrogens with zero attached hydrogens (tertiary/aromatic N) is 1. The summed E-state index contributed by atoms with van der Waals surface area (Å²) in [5.41, 5.74) is -0.632. The Morgan fingerprint density at radius 3 is 2.53 bits per heavy atom. The number of hydrogen-bond donors (Lipinski definition) is 1. The first-order valence-electron chi connectivity index (χ1n) is 7.97. The van der Waals surface area contributed by atoms with E-state index in [1.54, 1.807) is 0 Å². The van der Waals surface area contributed by atoms with Gasteiger partial charge in [-0.2, -0.15) is 0 Å². The zero-order valence-electron chi connectivity index (χ0n) is 12.7. The monoisotopic (exact) mass is 267 g/mol. The van der Waals surface area contributed by atoms with Gasteiger partial charge in [-0.1, -0.05) is 26.7 Å². The van der Waals surface area contributed by atoms with Gasteiger partial charge in [0.05, 0.1) is 0 Å². The fourth-order valence-electron chi connectivity index (χ4n) is 4.21. The molecule has 0 aromatic carbocycles. The Bertz CT molecular complexity index is 329. The average Bonchev–Trinajstić information content (AvgIpc) is 2.39. The largest absolute Gasteiger partial charge is 0.480 e. The van der Waals surface area contributed by atoms with Crippen molar-refractivity contribution < 1.29 is 9.90 Å². The second-order valence-corrected chi connectivity index (χ2v) is 6.99. The first-order valence-corrected chi connectivity index (χ1v) is 7.97. The van der Waals surface area contributed by atoms with Gasteiger partial charge in [-0.25, -0.2) is 0 Å². The van der Waals surface area contributed by atoms with Gasteiger partial charge in [0.2, 0.25) is 0 Å². The molecule has 2 aliphatic rings. The molecular weight excluding hydrogens is 238 g/mol. The van der Waals surface area contributed by atoms with Crippen molar-refractivity contribution in [3.8, 4) is 0 Å². The average molecular weight is 267 g/mol. The van der Waals surface area contributed by atoms with Crippen LogP contribution >= 0.6 is 0 Å². The standard InChI is InChI=1S/C16H29NO2/c1-12(2)13-8-4-5-9-14(13)17-11-7-6-10-16(17,3)15(18)19/h12-14H,4-11H2,1-3H3,(H,18,19). The van der Waals surface area contributed by atoms with Crippen molar-refractivity contribution in [2.45, 2.75) is 77.3 Å². The summed E-state index contributed by atoms with van der Waals surface area (Å²) < 4.78 is 0. The number of carboxylic acids is 1. The van der Waals surface area contributed by atoms with E-state index in [4.69, 9.17) is 0 Å². The molecular formula is C16H29NO2. The van der Waals surface area contributed by atoms with E-state index < -0.39 is 11.5 Å². The summed E-state index contributed by atoms with van der Waals surface area (Å²) in [5, 5.41) is 9.68. The lowest BCUT2D eigenvalue weighted by Crippen LogP contribution is -2.61. The summed E-state index contributed by atoms with van der Waals surface area (Å²) >= 11 is 0. The summed E-state index contributed by atoms with van der Waals surface area (Å²) in [4.78, 5) is 14.1. The number of likely N-dealkylation sites (tertiary alicyclic amines) is 1. The van der Waals surface area contributed by atoms with Gasteiger partial charge in [0.25, 0.3) is 0 Å². The highest BCUT2D eigenvalue weighted by Crippen LogP contribution is 2.40. The van der Waals surface area contributed by atoms with Crippen molar-refractivity contribution in [1.82, 2.24) is 4.90 Å². The van der Waals surface area contributed by atoms with Crippen molar-refractivity contribution >= 4 is 5.97 Å². The topological polar surface area (TPSA) is 40.5 Å². The molecule has 2 rings (SSSR count). The Kier molecular flexibility index (Phi) is 4.54. The molecule has 1 heterocycles. The highest BCUT2D eigenvalue weighted by Gasteiger charge is 2.46. The summed E-state index contributed by atoms with van der Waals surface area (Å²) in [6.45, 7) is 7.51. The Hall–Kier alpha value is -0.570. The lowest BCUT2D eigenvalue weighted by Gasteiger charge is -2.51. The highest BCUT2D eigenvalue weighted by atomic mass is 16.4. The van der Waals surface area contributed by atoms with Crippen molar-refractivity contribution in [3.05, 3.63) is 0 Å². The Morgan fingerprint density at radius 1 is 1.21 bits per heavy atom. The van der Waals surface area contributed by atoms with Crippen LogP contribution in [0.5, 0.6) is 0 Å². The molecule has 3 unspecified atom stereocenters. The predicted octanol–water partition coefficient (Wildman–Crippen LogP) is 3.53. The Labute approximate surface area is 117 Å². The lowest BCUT2D eigenvalue weighted by molar-refractivity contribution is -0.157. The number of carboxylic acid groups (broad SMARTS) is 1. The third-order valence-corrected chi connectivity index (χ3v) is 5.45.